The largest absolute Gasteiger partial charge is 0.385 e. The van der Waals surface area contributed by atoms with Gasteiger partial charge in [-0.05, 0) is 46.7 Å². The Morgan fingerprint density at radius 2 is 1.70 bits per heavy atom. The molecule has 5 rings (SSSR count). The number of urea groups is 1. The highest BCUT2D eigenvalue weighted by molar-refractivity contribution is 6.13. The summed E-state index contributed by atoms with van der Waals surface area (Å²) in [6.45, 7) is 0. The van der Waals surface area contributed by atoms with Crippen molar-refractivity contribution in [2.45, 2.75) is 24.0 Å². The first kappa shape index (κ1) is 12.8. The summed E-state index contributed by atoms with van der Waals surface area (Å²) in [7, 11) is 0. The Hall–Kier alpha value is -2.66. The van der Waals surface area contributed by atoms with Crippen molar-refractivity contribution in [1.29, 1.82) is 0 Å². The minimum Gasteiger partial charge on any atom is -0.385 e. The molecule has 114 valence electrons. The number of aliphatic hydroxyl groups is 1. The van der Waals surface area contributed by atoms with Gasteiger partial charge in [-0.1, -0.05) is 36.4 Å². The van der Waals surface area contributed by atoms with Crippen molar-refractivity contribution in [3.05, 3.63) is 59.2 Å². The molecule has 1 heterocycles. The van der Waals surface area contributed by atoms with Crippen molar-refractivity contribution in [2.75, 3.05) is 0 Å². The first-order valence-corrected chi connectivity index (χ1v) is 7.65. The van der Waals surface area contributed by atoms with Crippen LogP contribution in [-0.4, -0.2) is 17.0 Å². The van der Waals surface area contributed by atoms with Crippen LogP contribution in [0.15, 0.2) is 42.5 Å². The summed E-state index contributed by atoms with van der Waals surface area (Å²) in [5.74, 6) is -0.367. The molecule has 3 N–H and O–H groups in total. The Balaban J connectivity index is 1.83. The van der Waals surface area contributed by atoms with Crippen LogP contribution in [0, 0.1) is 0 Å². The maximum atomic E-state index is 12.7. The highest BCUT2D eigenvalue weighted by atomic mass is 16.3. The highest BCUT2D eigenvalue weighted by Crippen LogP contribution is 2.52. The van der Waals surface area contributed by atoms with E-state index in [4.69, 9.17) is 0 Å². The molecule has 3 aliphatic rings. The molecule has 3 amide bonds. The van der Waals surface area contributed by atoms with Crippen LogP contribution in [0.1, 0.15) is 29.5 Å². The Bertz CT molecular complexity index is 901. The van der Waals surface area contributed by atoms with Crippen molar-refractivity contribution >= 4 is 11.9 Å². The summed E-state index contributed by atoms with van der Waals surface area (Å²) >= 11 is 0. The molecule has 1 aliphatic heterocycles. The number of nitrogens with one attached hydrogen (secondary N) is 2. The van der Waals surface area contributed by atoms with Gasteiger partial charge in [0.25, 0.3) is 5.91 Å². The maximum absolute atomic E-state index is 12.7. The van der Waals surface area contributed by atoms with Gasteiger partial charge in [-0.25, -0.2) is 4.79 Å². The molecule has 23 heavy (non-hydrogen) atoms. The van der Waals surface area contributed by atoms with Crippen LogP contribution in [0.4, 0.5) is 4.79 Å². The average molecular weight is 306 g/mol. The molecular weight excluding hydrogens is 292 g/mol. The molecule has 1 saturated carbocycles. The van der Waals surface area contributed by atoms with Gasteiger partial charge < -0.3 is 10.4 Å². The first-order chi connectivity index (χ1) is 11.0. The molecule has 2 aliphatic carbocycles. The molecule has 5 nitrogen and oxygen atoms in total. The van der Waals surface area contributed by atoms with Gasteiger partial charge in [0, 0.05) is 0 Å². The number of carbonyl (C=O) groups is 2. The lowest BCUT2D eigenvalue weighted by atomic mass is 9.86. The number of hydrogen-bond acceptors (Lipinski definition) is 3. The second-order valence-corrected chi connectivity index (χ2v) is 6.50. The van der Waals surface area contributed by atoms with Gasteiger partial charge in [0.2, 0.25) is 0 Å². The Morgan fingerprint density at radius 3 is 2.39 bits per heavy atom. The van der Waals surface area contributed by atoms with Crippen molar-refractivity contribution < 1.29 is 14.7 Å². The number of hydrogen-bond donors (Lipinski definition) is 3. The molecule has 5 heteroatoms. The van der Waals surface area contributed by atoms with E-state index in [-0.39, 0.29) is 5.91 Å². The van der Waals surface area contributed by atoms with Crippen LogP contribution in [-0.2, 0) is 15.9 Å². The first-order valence-electron chi connectivity index (χ1n) is 7.65. The molecule has 1 unspecified atom stereocenters. The normalized spacial score (nSPS) is 25.8. The van der Waals surface area contributed by atoms with Crippen LogP contribution < -0.4 is 10.6 Å². The van der Waals surface area contributed by atoms with Crippen LogP contribution >= 0.6 is 0 Å². The minimum atomic E-state index is -1.19. The molecule has 1 saturated heterocycles. The predicted molar refractivity (Wildman–Crippen MR) is 82.5 cm³/mol. The van der Waals surface area contributed by atoms with E-state index in [1.165, 1.54) is 0 Å². The molecule has 0 radical (unpaired) electrons. The zero-order chi connectivity index (χ0) is 15.8. The van der Waals surface area contributed by atoms with E-state index in [9.17, 15) is 14.7 Å². The predicted octanol–water partition coefficient (Wildman–Crippen LogP) is 1.73. The van der Waals surface area contributed by atoms with Gasteiger partial charge >= 0.3 is 6.03 Å². The zero-order valence-corrected chi connectivity index (χ0v) is 12.2. The van der Waals surface area contributed by atoms with Crippen molar-refractivity contribution in [1.82, 2.24) is 10.6 Å². The van der Waals surface area contributed by atoms with E-state index < -0.39 is 17.2 Å². The van der Waals surface area contributed by atoms with E-state index >= 15 is 0 Å². The van der Waals surface area contributed by atoms with Crippen LogP contribution in [0.25, 0.3) is 11.1 Å². The summed E-state index contributed by atoms with van der Waals surface area (Å²) in [6.07, 6.45) is 1.45. The molecule has 2 fully saturated rings. The molecule has 1 atom stereocenters. The van der Waals surface area contributed by atoms with Crippen LogP contribution in [0.2, 0.25) is 0 Å². The van der Waals surface area contributed by atoms with Crippen molar-refractivity contribution in [3.8, 4) is 11.1 Å². The number of imide groups is 1. The van der Waals surface area contributed by atoms with Gasteiger partial charge in [-0.3, -0.25) is 10.1 Å². The fraction of sp³-hybridized carbons (Fsp3) is 0.222. The Labute approximate surface area is 132 Å². The Morgan fingerprint density at radius 1 is 0.957 bits per heavy atom. The summed E-state index contributed by atoms with van der Waals surface area (Å²) in [4.78, 5) is 24.5. The zero-order valence-electron chi connectivity index (χ0n) is 12.2. The molecular formula is C18H14N2O3. The smallest absolute Gasteiger partial charge is 0.322 e. The lowest BCUT2D eigenvalue weighted by Gasteiger charge is -2.24. The second-order valence-electron chi connectivity index (χ2n) is 6.50. The fourth-order valence-corrected chi connectivity index (χ4v) is 3.81. The van der Waals surface area contributed by atoms with Crippen molar-refractivity contribution in [3.63, 3.8) is 0 Å². The van der Waals surface area contributed by atoms with Gasteiger partial charge in [0.15, 0.2) is 5.54 Å². The summed E-state index contributed by atoms with van der Waals surface area (Å²) in [5, 5.41) is 15.6. The number of benzene rings is 2. The average Bonchev–Trinajstić information content (AvgIpc) is 3.14. The summed E-state index contributed by atoms with van der Waals surface area (Å²) in [6, 6.07) is 12.8. The van der Waals surface area contributed by atoms with Gasteiger partial charge in [-0.15, -0.1) is 0 Å². The van der Waals surface area contributed by atoms with Gasteiger partial charge in [0.1, 0.15) is 0 Å². The Kier molecular flexibility index (Phi) is 2.13. The lowest BCUT2D eigenvalue weighted by Crippen LogP contribution is -2.43. The van der Waals surface area contributed by atoms with E-state index in [0.717, 1.165) is 40.7 Å². The second kappa shape index (κ2) is 3.81. The van der Waals surface area contributed by atoms with E-state index in [1.54, 1.807) is 0 Å². The van der Waals surface area contributed by atoms with Gasteiger partial charge in [0.05, 0.1) is 5.60 Å². The molecule has 0 bridgehead atoms. The number of rotatable bonds is 1. The van der Waals surface area contributed by atoms with E-state index in [0.29, 0.717) is 0 Å². The molecule has 1 spiro atoms. The van der Waals surface area contributed by atoms with Crippen LogP contribution in [0.5, 0.6) is 0 Å². The fourth-order valence-electron chi connectivity index (χ4n) is 3.81. The number of carbonyl (C=O) groups excluding carboxylic acids is 2. The monoisotopic (exact) mass is 306 g/mol. The third-order valence-corrected chi connectivity index (χ3v) is 5.17. The van der Waals surface area contributed by atoms with Gasteiger partial charge in [-0.2, -0.15) is 0 Å². The highest BCUT2D eigenvalue weighted by Gasteiger charge is 2.55. The summed E-state index contributed by atoms with van der Waals surface area (Å²) in [5.41, 5.74) is 2.20. The number of amides is 3. The summed E-state index contributed by atoms with van der Waals surface area (Å²) < 4.78 is 0. The number of fused-ring (bicyclic) bond motifs is 5. The third kappa shape index (κ3) is 1.45. The lowest BCUT2D eigenvalue weighted by molar-refractivity contribution is -0.122. The maximum Gasteiger partial charge on any atom is 0.322 e. The minimum absolute atomic E-state index is 0.367. The van der Waals surface area contributed by atoms with Crippen molar-refractivity contribution in [2.24, 2.45) is 0 Å². The quantitative estimate of drug-likeness (QED) is 0.702. The van der Waals surface area contributed by atoms with E-state index in [2.05, 4.69) is 10.6 Å². The van der Waals surface area contributed by atoms with Crippen LogP contribution in [0.3, 0.4) is 0 Å². The molecule has 2 aromatic rings. The topological polar surface area (TPSA) is 78.4 Å². The van der Waals surface area contributed by atoms with E-state index in [1.807, 2.05) is 42.5 Å². The standard InChI is InChI=1S/C18H14N2O3/c21-15-18(20-16(22)19-15)13-4-2-1-3-11(13)12-6-5-10(9-14(12)18)17(23)7-8-17/h1-6,9,23H,7-8H2,(H2,19,20,21,22). The molecule has 0 aromatic heterocycles. The third-order valence-electron chi connectivity index (χ3n) is 5.17. The SMILES string of the molecule is O=C1NC(=O)C2(N1)c1ccccc1-c1ccc(C3(O)CC3)cc12. The molecule has 2 aromatic carbocycles.